The quantitative estimate of drug-likeness (QED) is 0.669. The number of imidazole rings is 1. The molecule has 2 aromatic heterocycles. The van der Waals surface area contributed by atoms with Gasteiger partial charge in [-0.2, -0.15) is 0 Å². The van der Waals surface area contributed by atoms with Gasteiger partial charge in [-0.15, -0.1) is 10.2 Å². The molecule has 1 aliphatic rings. The lowest BCUT2D eigenvalue weighted by Crippen LogP contribution is -1.99. The van der Waals surface area contributed by atoms with E-state index >= 15 is 0 Å². The van der Waals surface area contributed by atoms with Gasteiger partial charge in [0.05, 0.1) is 17.6 Å². The molecule has 0 radical (unpaired) electrons. The molecule has 0 saturated heterocycles. The Bertz CT molecular complexity index is 777. The summed E-state index contributed by atoms with van der Waals surface area (Å²) in [5, 5.41) is 8.93. The monoisotopic (exact) mass is 312 g/mol. The molecule has 0 unspecified atom stereocenters. The van der Waals surface area contributed by atoms with Crippen LogP contribution in [0.15, 0.2) is 46.1 Å². The van der Waals surface area contributed by atoms with E-state index in [-0.39, 0.29) is 0 Å². The van der Waals surface area contributed by atoms with Crippen molar-refractivity contribution < 1.29 is 4.42 Å². The number of rotatable bonds is 5. The van der Waals surface area contributed by atoms with Gasteiger partial charge in [0, 0.05) is 13.0 Å². The second-order valence-electron chi connectivity index (χ2n) is 5.40. The molecule has 6 heteroatoms. The molecule has 22 heavy (non-hydrogen) atoms. The van der Waals surface area contributed by atoms with Crippen LogP contribution >= 0.6 is 11.8 Å². The molecule has 0 aliphatic heterocycles. The minimum absolute atomic E-state index is 0.574. The van der Waals surface area contributed by atoms with E-state index in [9.17, 15) is 0 Å². The molecule has 1 aromatic carbocycles. The summed E-state index contributed by atoms with van der Waals surface area (Å²) in [4.78, 5) is 4.61. The first kappa shape index (κ1) is 13.6. The maximum Gasteiger partial charge on any atom is 0.226 e. The number of hydrogen-bond donors (Lipinski definition) is 0. The third-order valence-corrected chi connectivity index (χ3v) is 4.59. The van der Waals surface area contributed by atoms with Crippen LogP contribution in [0.3, 0.4) is 0 Å². The van der Waals surface area contributed by atoms with Crippen molar-refractivity contribution in [1.29, 1.82) is 0 Å². The topological polar surface area (TPSA) is 56.7 Å². The lowest BCUT2D eigenvalue weighted by atomic mass is 10.2. The first-order valence-corrected chi connectivity index (χ1v) is 8.34. The van der Waals surface area contributed by atoms with E-state index in [0.717, 1.165) is 5.16 Å². The Labute approximate surface area is 132 Å². The second kappa shape index (κ2) is 5.61. The van der Waals surface area contributed by atoms with Gasteiger partial charge < -0.3 is 8.98 Å². The Kier molecular flexibility index (Phi) is 3.46. The fourth-order valence-electron chi connectivity index (χ4n) is 2.48. The van der Waals surface area contributed by atoms with E-state index in [1.54, 1.807) is 18.7 Å². The molecule has 0 amide bonds. The van der Waals surface area contributed by atoms with E-state index in [2.05, 4.69) is 44.0 Å². The van der Waals surface area contributed by atoms with Gasteiger partial charge in [-0.05, 0) is 18.4 Å². The molecule has 0 atom stereocenters. The molecule has 0 spiro atoms. The van der Waals surface area contributed by atoms with Gasteiger partial charge in [-0.3, -0.25) is 0 Å². The van der Waals surface area contributed by atoms with E-state index in [4.69, 9.17) is 4.42 Å². The molecule has 2 heterocycles. The summed E-state index contributed by atoms with van der Waals surface area (Å²) < 4.78 is 7.78. The predicted molar refractivity (Wildman–Crippen MR) is 84.5 cm³/mol. The highest BCUT2D eigenvalue weighted by Crippen LogP contribution is 2.42. The smallest absolute Gasteiger partial charge is 0.226 e. The summed E-state index contributed by atoms with van der Waals surface area (Å²) in [7, 11) is 0. The summed E-state index contributed by atoms with van der Waals surface area (Å²) in [6.07, 6.45) is 4.42. The van der Waals surface area contributed by atoms with Crippen LogP contribution in [0.5, 0.6) is 0 Å². The molecular weight excluding hydrogens is 296 g/mol. The molecule has 5 nitrogen and oxygen atoms in total. The van der Waals surface area contributed by atoms with Crippen LogP contribution in [0.1, 0.15) is 30.7 Å². The summed E-state index contributed by atoms with van der Waals surface area (Å²) >= 11 is 1.65. The van der Waals surface area contributed by atoms with Crippen molar-refractivity contribution in [3.05, 3.63) is 48.3 Å². The Balaban J connectivity index is 1.61. The highest BCUT2D eigenvalue weighted by molar-refractivity contribution is 7.98. The van der Waals surface area contributed by atoms with Crippen LogP contribution < -0.4 is 0 Å². The van der Waals surface area contributed by atoms with E-state index in [1.807, 2.05) is 12.3 Å². The molecule has 3 aromatic rings. The van der Waals surface area contributed by atoms with Crippen molar-refractivity contribution in [3.63, 3.8) is 0 Å². The van der Waals surface area contributed by atoms with Crippen LogP contribution in [0.2, 0.25) is 0 Å². The van der Waals surface area contributed by atoms with Crippen molar-refractivity contribution in [3.8, 4) is 11.3 Å². The zero-order valence-electron chi connectivity index (χ0n) is 12.3. The average molecular weight is 312 g/mol. The minimum Gasteiger partial charge on any atom is -0.425 e. The van der Waals surface area contributed by atoms with Gasteiger partial charge >= 0.3 is 0 Å². The molecule has 1 fully saturated rings. The van der Waals surface area contributed by atoms with Crippen molar-refractivity contribution in [2.75, 3.05) is 0 Å². The minimum atomic E-state index is 0.574. The number of aromatic nitrogens is 4. The normalized spacial score (nSPS) is 14.4. The second-order valence-corrected chi connectivity index (χ2v) is 6.34. The standard InChI is InChI=1S/C16H16N4OS/c1-11-18-19-15(21-11)10-22-16-17-9-14(20(16)13-7-8-13)12-5-3-2-4-6-12/h2-6,9,13H,7-8,10H2,1H3. The highest BCUT2D eigenvalue weighted by Gasteiger charge is 2.29. The SMILES string of the molecule is Cc1nnc(CSc2ncc(-c3ccccc3)n2C2CC2)o1. The molecule has 0 N–H and O–H groups in total. The molecule has 4 rings (SSSR count). The summed E-state index contributed by atoms with van der Waals surface area (Å²) in [5.74, 6) is 1.90. The van der Waals surface area contributed by atoms with Crippen molar-refractivity contribution in [1.82, 2.24) is 19.7 Å². The average Bonchev–Trinajstić information content (AvgIpc) is 3.16. The Hall–Kier alpha value is -2.08. The third-order valence-electron chi connectivity index (χ3n) is 3.64. The summed E-state index contributed by atoms with van der Waals surface area (Å²) in [6.45, 7) is 1.81. The zero-order chi connectivity index (χ0) is 14.9. The van der Waals surface area contributed by atoms with Gasteiger partial charge in [-0.25, -0.2) is 4.98 Å². The van der Waals surface area contributed by atoms with Crippen molar-refractivity contribution >= 4 is 11.8 Å². The number of benzene rings is 1. The Morgan fingerprint density at radius 1 is 1.23 bits per heavy atom. The fraction of sp³-hybridized carbons (Fsp3) is 0.312. The molecule has 1 aliphatic carbocycles. The molecule has 1 saturated carbocycles. The highest BCUT2D eigenvalue weighted by atomic mass is 32.2. The predicted octanol–water partition coefficient (Wildman–Crippen LogP) is 3.87. The van der Waals surface area contributed by atoms with Crippen molar-refractivity contribution in [2.45, 2.75) is 36.7 Å². The number of hydrogen-bond acceptors (Lipinski definition) is 5. The van der Waals surface area contributed by atoms with Crippen LogP contribution in [0, 0.1) is 6.92 Å². The van der Waals surface area contributed by atoms with Gasteiger partial charge in [0.2, 0.25) is 11.8 Å². The van der Waals surface area contributed by atoms with Gasteiger partial charge in [0.1, 0.15) is 0 Å². The van der Waals surface area contributed by atoms with Crippen LogP contribution in [0.4, 0.5) is 0 Å². The first-order valence-electron chi connectivity index (χ1n) is 7.35. The van der Waals surface area contributed by atoms with Crippen molar-refractivity contribution in [2.24, 2.45) is 0 Å². The van der Waals surface area contributed by atoms with E-state index in [0.29, 0.717) is 23.6 Å². The van der Waals surface area contributed by atoms with E-state index < -0.39 is 0 Å². The molecule has 112 valence electrons. The van der Waals surface area contributed by atoms with Gasteiger partial charge in [-0.1, -0.05) is 42.1 Å². The molecular formula is C16H16N4OS. The number of thioether (sulfide) groups is 1. The van der Waals surface area contributed by atoms with Crippen LogP contribution in [-0.2, 0) is 5.75 Å². The largest absolute Gasteiger partial charge is 0.425 e. The first-order chi connectivity index (χ1) is 10.8. The zero-order valence-corrected chi connectivity index (χ0v) is 13.1. The van der Waals surface area contributed by atoms with Crippen LogP contribution in [-0.4, -0.2) is 19.7 Å². The van der Waals surface area contributed by atoms with Crippen LogP contribution in [0.25, 0.3) is 11.3 Å². The fourth-order valence-corrected chi connectivity index (χ4v) is 3.36. The van der Waals surface area contributed by atoms with E-state index in [1.165, 1.54) is 24.1 Å². The van der Waals surface area contributed by atoms with Gasteiger partial charge in [0.15, 0.2) is 5.16 Å². The summed E-state index contributed by atoms with van der Waals surface area (Å²) in [5.41, 5.74) is 2.40. The lowest BCUT2D eigenvalue weighted by Gasteiger charge is -2.10. The Morgan fingerprint density at radius 2 is 2.05 bits per heavy atom. The lowest BCUT2D eigenvalue weighted by molar-refractivity contribution is 0.485. The van der Waals surface area contributed by atoms with Gasteiger partial charge in [0.25, 0.3) is 0 Å². The third kappa shape index (κ3) is 2.66. The maximum absolute atomic E-state index is 5.43. The summed E-state index contributed by atoms with van der Waals surface area (Å²) in [6, 6.07) is 11.0. The number of nitrogens with zero attached hydrogens (tertiary/aromatic N) is 4. The maximum atomic E-state index is 5.43. The molecule has 0 bridgehead atoms. The Morgan fingerprint density at radius 3 is 2.73 bits per heavy atom. The number of aryl methyl sites for hydroxylation is 1.